The van der Waals surface area contributed by atoms with Crippen LogP contribution in [-0.4, -0.2) is 61.5 Å². The van der Waals surface area contributed by atoms with Gasteiger partial charge in [-0.25, -0.2) is 0 Å². The van der Waals surface area contributed by atoms with E-state index < -0.39 is 0 Å². The van der Waals surface area contributed by atoms with Crippen molar-refractivity contribution in [2.45, 2.75) is 25.8 Å². The number of piperidine rings is 1. The Labute approximate surface area is 98.0 Å². The molecule has 4 heteroatoms. The summed E-state index contributed by atoms with van der Waals surface area (Å²) in [5.74, 6) is 1.06. The maximum Gasteiger partial charge on any atom is 0.239 e. The molecule has 2 rings (SSSR count). The summed E-state index contributed by atoms with van der Waals surface area (Å²) >= 11 is 0. The molecule has 2 heterocycles. The van der Waals surface area contributed by atoms with Gasteiger partial charge in [0, 0.05) is 26.7 Å². The Bertz CT molecular complexity index is 251. The van der Waals surface area contributed by atoms with Crippen LogP contribution in [0.2, 0.25) is 0 Å². The topological polar surface area (TPSA) is 35.6 Å². The smallest absolute Gasteiger partial charge is 0.239 e. The number of nitrogens with one attached hydrogen (secondary N) is 1. The summed E-state index contributed by atoms with van der Waals surface area (Å²) in [6, 6.07) is 0.0774. The van der Waals surface area contributed by atoms with Gasteiger partial charge in [0.25, 0.3) is 0 Å². The molecule has 0 aromatic carbocycles. The number of piperazine rings is 1. The first-order valence-corrected chi connectivity index (χ1v) is 6.38. The fraction of sp³-hybridized carbons (Fsp3) is 0.917. The molecule has 0 saturated carbocycles. The van der Waals surface area contributed by atoms with Gasteiger partial charge in [-0.2, -0.15) is 0 Å². The molecule has 1 unspecified atom stereocenters. The molecular weight excluding hydrogens is 202 g/mol. The van der Waals surface area contributed by atoms with Gasteiger partial charge in [-0.15, -0.1) is 0 Å². The van der Waals surface area contributed by atoms with Gasteiger partial charge in [-0.05, 0) is 38.8 Å². The fourth-order valence-corrected chi connectivity index (χ4v) is 2.70. The number of rotatable bonds is 2. The van der Waals surface area contributed by atoms with E-state index in [1.807, 2.05) is 18.9 Å². The van der Waals surface area contributed by atoms with Gasteiger partial charge in [0.1, 0.15) is 0 Å². The van der Waals surface area contributed by atoms with Gasteiger partial charge in [0.2, 0.25) is 5.91 Å². The number of likely N-dealkylation sites (N-methyl/N-ethyl adjacent to an activating group) is 1. The van der Waals surface area contributed by atoms with Crippen molar-refractivity contribution in [3.8, 4) is 0 Å². The Hall–Kier alpha value is -0.610. The van der Waals surface area contributed by atoms with Crippen molar-refractivity contribution in [1.29, 1.82) is 0 Å². The van der Waals surface area contributed by atoms with Crippen molar-refractivity contribution >= 4 is 5.91 Å². The van der Waals surface area contributed by atoms with Crippen LogP contribution >= 0.6 is 0 Å². The second-order valence-electron chi connectivity index (χ2n) is 5.12. The lowest BCUT2D eigenvalue weighted by Crippen LogP contribution is -2.55. The van der Waals surface area contributed by atoms with E-state index >= 15 is 0 Å². The monoisotopic (exact) mass is 225 g/mol. The molecule has 2 aliphatic heterocycles. The molecule has 0 bridgehead atoms. The first kappa shape index (κ1) is 11.9. The minimum absolute atomic E-state index is 0.0774. The summed E-state index contributed by atoms with van der Waals surface area (Å²) in [5, 5.41) is 3.39. The molecule has 1 amide bonds. The highest BCUT2D eigenvalue weighted by molar-refractivity contribution is 5.81. The molecule has 1 N–H and O–H groups in total. The van der Waals surface area contributed by atoms with E-state index in [-0.39, 0.29) is 11.9 Å². The summed E-state index contributed by atoms with van der Waals surface area (Å²) in [4.78, 5) is 16.1. The summed E-state index contributed by atoms with van der Waals surface area (Å²) < 4.78 is 0. The predicted octanol–water partition coefficient (Wildman–Crippen LogP) is 0.149. The van der Waals surface area contributed by atoms with Crippen LogP contribution in [0.25, 0.3) is 0 Å². The standard InChI is InChI=1S/C12H23N3O/c1-10-12(16)14(2)7-8-15(10)9-11-3-5-13-6-4-11/h10-11,13H,3-9H2,1-2H3. The van der Waals surface area contributed by atoms with Crippen molar-refractivity contribution in [3.63, 3.8) is 0 Å². The minimum Gasteiger partial charge on any atom is -0.343 e. The number of hydrogen-bond donors (Lipinski definition) is 1. The maximum absolute atomic E-state index is 11.8. The predicted molar refractivity (Wildman–Crippen MR) is 64.3 cm³/mol. The summed E-state index contributed by atoms with van der Waals surface area (Å²) in [7, 11) is 1.90. The lowest BCUT2D eigenvalue weighted by molar-refractivity contribution is -0.139. The van der Waals surface area contributed by atoms with E-state index in [2.05, 4.69) is 10.2 Å². The zero-order chi connectivity index (χ0) is 11.5. The summed E-state index contributed by atoms with van der Waals surface area (Å²) in [6.45, 7) is 7.34. The second-order valence-corrected chi connectivity index (χ2v) is 5.12. The van der Waals surface area contributed by atoms with E-state index in [1.54, 1.807) is 0 Å². The first-order valence-electron chi connectivity index (χ1n) is 6.38. The Morgan fingerprint density at radius 1 is 1.31 bits per heavy atom. The Kier molecular flexibility index (Phi) is 3.82. The van der Waals surface area contributed by atoms with E-state index in [0.29, 0.717) is 0 Å². The zero-order valence-corrected chi connectivity index (χ0v) is 10.4. The normalized spacial score (nSPS) is 29.8. The largest absolute Gasteiger partial charge is 0.343 e. The highest BCUT2D eigenvalue weighted by atomic mass is 16.2. The Morgan fingerprint density at radius 2 is 2.00 bits per heavy atom. The molecule has 1 atom stereocenters. The molecule has 92 valence electrons. The van der Waals surface area contributed by atoms with Gasteiger partial charge >= 0.3 is 0 Å². The van der Waals surface area contributed by atoms with E-state index in [9.17, 15) is 4.79 Å². The molecule has 4 nitrogen and oxygen atoms in total. The van der Waals surface area contributed by atoms with Crippen LogP contribution in [0.5, 0.6) is 0 Å². The van der Waals surface area contributed by atoms with Crippen LogP contribution in [0.1, 0.15) is 19.8 Å². The molecular formula is C12H23N3O. The van der Waals surface area contributed by atoms with Crippen LogP contribution in [-0.2, 0) is 4.79 Å². The number of carbonyl (C=O) groups is 1. The van der Waals surface area contributed by atoms with Crippen molar-refractivity contribution in [1.82, 2.24) is 15.1 Å². The molecule has 0 radical (unpaired) electrons. The molecule has 0 aromatic heterocycles. The third kappa shape index (κ3) is 2.55. The van der Waals surface area contributed by atoms with Crippen LogP contribution < -0.4 is 5.32 Å². The average molecular weight is 225 g/mol. The average Bonchev–Trinajstić information content (AvgIpc) is 2.31. The van der Waals surface area contributed by atoms with Crippen molar-refractivity contribution in [2.75, 3.05) is 39.8 Å². The molecule has 0 aliphatic carbocycles. The molecule has 2 aliphatic rings. The van der Waals surface area contributed by atoms with E-state index in [4.69, 9.17) is 0 Å². The third-order valence-electron chi connectivity index (χ3n) is 3.96. The lowest BCUT2D eigenvalue weighted by Gasteiger charge is -2.39. The van der Waals surface area contributed by atoms with Crippen LogP contribution in [0.4, 0.5) is 0 Å². The number of hydrogen-bond acceptors (Lipinski definition) is 3. The van der Waals surface area contributed by atoms with Gasteiger partial charge in [-0.1, -0.05) is 0 Å². The van der Waals surface area contributed by atoms with Crippen molar-refractivity contribution < 1.29 is 4.79 Å². The SMILES string of the molecule is CC1C(=O)N(C)CCN1CC1CCNCC1. The summed E-state index contributed by atoms with van der Waals surface area (Å²) in [5.41, 5.74) is 0. The second kappa shape index (κ2) is 5.15. The summed E-state index contributed by atoms with van der Waals surface area (Å²) in [6.07, 6.45) is 2.51. The number of nitrogens with zero attached hydrogens (tertiary/aromatic N) is 2. The third-order valence-corrected chi connectivity index (χ3v) is 3.96. The van der Waals surface area contributed by atoms with Gasteiger partial charge < -0.3 is 10.2 Å². The number of amides is 1. The van der Waals surface area contributed by atoms with E-state index in [1.165, 1.54) is 12.8 Å². The van der Waals surface area contributed by atoms with E-state index in [0.717, 1.165) is 38.6 Å². The molecule has 0 spiro atoms. The maximum atomic E-state index is 11.8. The Morgan fingerprint density at radius 3 is 2.69 bits per heavy atom. The zero-order valence-electron chi connectivity index (χ0n) is 10.4. The van der Waals surface area contributed by atoms with Gasteiger partial charge in [0.05, 0.1) is 6.04 Å². The minimum atomic E-state index is 0.0774. The van der Waals surface area contributed by atoms with Gasteiger partial charge in [-0.3, -0.25) is 9.69 Å². The van der Waals surface area contributed by atoms with Crippen molar-refractivity contribution in [2.24, 2.45) is 5.92 Å². The Balaban J connectivity index is 1.86. The molecule has 16 heavy (non-hydrogen) atoms. The van der Waals surface area contributed by atoms with Crippen LogP contribution in [0.15, 0.2) is 0 Å². The first-order chi connectivity index (χ1) is 7.68. The fourth-order valence-electron chi connectivity index (χ4n) is 2.70. The lowest BCUT2D eigenvalue weighted by atomic mass is 9.96. The van der Waals surface area contributed by atoms with Crippen LogP contribution in [0.3, 0.4) is 0 Å². The number of carbonyl (C=O) groups excluding carboxylic acids is 1. The highest BCUT2D eigenvalue weighted by Gasteiger charge is 2.30. The quantitative estimate of drug-likeness (QED) is 0.726. The van der Waals surface area contributed by atoms with Crippen molar-refractivity contribution in [3.05, 3.63) is 0 Å². The molecule has 2 saturated heterocycles. The molecule has 2 fully saturated rings. The molecule has 0 aromatic rings. The van der Waals surface area contributed by atoms with Gasteiger partial charge in [0.15, 0.2) is 0 Å². The van der Waals surface area contributed by atoms with Crippen LogP contribution in [0, 0.1) is 5.92 Å². The highest BCUT2D eigenvalue weighted by Crippen LogP contribution is 2.17.